The summed E-state index contributed by atoms with van der Waals surface area (Å²) in [5.74, 6) is -0.532. The third-order valence-corrected chi connectivity index (χ3v) is 7.38. The number of carbonyl (C=O) groups is 2. The molecule has 0 radical (unpaired) electrons. The van der Waals surface area contributed by atoms with Gasteiger partial charge in [0.15, 0.2) is 0 Å². The molecule has 3 aromatic carbocycles. The molecular weight excluding hydrogens is 500 g/mol. The van der Waals surface area contributed by atoms with Gasteiger partial charge in [-0.2, -0.15) is 0 Å². The van der Waals surface area contributed by atoms with E-state index in [4.69, 9.17) is 0 Å². The van der Waals surface area contributed by atoms with Crippen molar-refractivity contribution in [2.45, 2.75) is 59.2 Å². The average molecular weight is 535 g/mol. The van der Waals surface area contributed by atoms with Crippen LogP contribution in [0.25, 0.3) is 21.9 Å². The van der Waals surface area contributed by atoms with Gasteiger partial charge in [0, 0.05) is 22.8 Å². The molecule has 5 rings (SSSR count). The van der Waals surface area contributed by atoms with Gasteiger partial charge in [0.2, 0.25) is 11.8 Å². The summed E-state index contributed by atoms with van der Waals surface area (Å²) in [6.45, 7) is 9.88. The molecule has 2 amide bonds. The fraction of sp³-hybridized carbons (Fsp3) is 0.281. The number of aromatic nitrogens is 4. The topological polar surface area (TPSA) is 93.0 Å². The maximum Gasteiger partial charge on any atom is 0.249 e. The predicted octanol–water partition coefficient (Wildman–Crippen LogP) is 5.68. The zero-order chi connectivity index (χ0) is 28.4. The number of fused-ring (bicyclic) bond motifs is 2. The van der Waals surface area contributed by atoms with E-state index in [1.807, 2.05) is 107 Å². The molecule has 2 heterocycles. The summed E-state index contributed by atoms with van der Waals surface area (Å²) in [5.41, 5.74) is 5.14. The zero-order valence-electron chi connectivity index (χ0n) is 23.5. The van der Waals surface area contributed by atoms with Crippen LogP contribution in [0.5, 0.6) is 0 Å². The molecule has 0 aliphatic heterocycles. The van der Waals surface area contributed by atoms with Crippen LogP contribution in [0.3, 0.4) is 0 Å². The highest BCUT2D eigenvalue weighted by Gasteiger charge is 2.36. The molecule has 204 valence electrons. The van der Waals surface area contributed by atoms with E-state index in [2.05, 4.69) is 20.6 Å². The second kappa shape index (κ2) is 10.9. The van der Waals surface area contributed by atoms with E-state index >= 15 is 0 Å². The number of benzene rings is 3. The Balaban J connectivity index is 1.67. The van der Waals surface area contributed by atoms with Crippen molar-refractivity contribution in [3.63, 3.8) is 0 Å². The summed E-state index contributed by atoms with van der Waals surface area (Å²) in [6, 6.07) is 22.0. The quantitative estimate of drug-likeness (QED) is 0.277. The number of rotatable bonds is 8. The first-order chi connectivity index (χ1) is 19.2. The molecule has 0 aliphatic carbocycles. The second-order valence-corrected chi connectivity index (χ2v) is 10.9. The van der Waals surface area contributed by atoms with Gasteiger partial charge < -0.3 is 5.32 Å². The van der Waals surface area contributed by atoms with Gasteiger partial charge in [-0.3, -0.25) is 19.5 Å². The van der Waals surface area contributed by atoms with Gasteiger partial charge in [-0.05, 0) is 81.6 Å². The number of nitrogens with zero attached hydrogens (tertiary/aromatic N) is 5. The van der Waals surface area contributed by atoms with Gasteiger partial charge >= 0.3 is 0 Å². The molecule has 0 spiro atoms. The second-order valence-electron chi connectivity index (χ2n) is 10.9. The predicted molar refractivity (Wildman–Crippen MR) is 158 cm³/mol. The number of nitrogens with one attached hydrogen (secondary N) is 1. The van der Waals surface area contributed by atoms with E-state index in [1.165, 1.54) is 0 Å². The van der Waals surface area contributed by atoms with Crippen LogP contribution >= 0.6 is 0 Å². The van der Waals surface area contributed by atoms with Crippen molar-refractivity contribution < 1.29 is 9.59 Å². The molecule has 1 atom stereocenters. The summed E-state index contributed by atoms with van der Waals surface area (Å²) >= 11 is 0. The van der Waals surface area contributed by atoms with E-state index in [0.29, 0.717) is 16.8 Å². The number of hydrogen-bond acceptors (Lipinski definition) is 5. The molecule has 0 bridgehead atoms. The molecule has 40 heavy (non-hydrogen) atoms. The fourth-order valence-corrected chi connectivity index (χ4v) is 4.90. The third-order valence-electron chi connectivity index (χ3n) is 7.38. The van der Waals surface area contributed by atoms with Gasteiger partial charge in [0.05, 0.1) is 11.0 Å². The molecule has 8 nitrogen and oxygen atoms in total. The minimum absolute atomic E-state index is 0.0794. The molecular formula is C32H34N6O2. The normalized spacial score (nSPS) is 12.4. The summed E-state index contributed by atoms with van der Waals surface area (Å²) < 4.78 is 1.59. The number of pyridine rings is 1. The van der Waals surface area contributed by atoms with Crippen LogP contribution in [0.4, 0.5) is 5.69 Å². The highest BCUT2D eigenvalue weighted by Crippen LogP contribution is 2.33. The molecule has 0 aliphatic rings. The van der Waals surface area contributed by atoms with Crippen LogP contribution in [0.2, 0.25) is 0 Å². The van der Waals surface area contributed by atoms with Gasteiger partial charge in [-0.15, -0.1) is 5.10 Å². The smallest absolute Gasteiger partial charge is 0.249 e. The van der Waals surface area contributed by atoms with Crippen molar-refractivity contribution in [3.05, 3.63) is 95.7 Å². The van der Waals surface area contributed by atoms with Crippen molar-refractivity contribution in [1.29, 1.82) is 0 Å². The number of anilines is 1. The summed E-state index contributed by atoms with van der Waals surface area (Å²) in [7, 11) is 0. The van der Waals surface area contributed by atoms with Crippen molar-refractivity contribution in [2.24, 2.45) is 0 Å². The molecule has 0 fully saturated rings. The zero-order valence-corrected chi connectivity index (χ0v) is 23.5. The molecule has 8 heteroatoms. The van der Waals surface area contributed by atoms with Crippen molar-refractivity contribution in [1.82, 2.24) is 25.3 Å². The Bertz CT molecular complexity index is 1710. The highest BCUT2D eigenvalue weighted by atomic mass is 16.2. The Morgan fingerprint density at radius 2 is 1.77 bits per heavy atom. The van der Waals surface area contributed by atoms with E-state index in [-0.39, 0.29) is 18.4 Å². The van der Waals surface area contributed by atoms with Crippen molar-refractivity contribution in [2.75, 3.05) is 4.90 Å². The monoisotopic (exact) mass is 534 g/mol. The first-order valence-corrected chi connectivity index (χ1v) is 13.5. The minimum Gasteiger partial charge on any atom is -0.349 e. The van der Waals surface area contributed by atoms with Gasteiger partial charge in [-0.25, -0.2) is 4.68 Å². The van der Waals surface area contributed by atoms with Crippen LogP contribution in [0.15, 0.2) is 79.0 Å². The fourth-order valence-electron chi connectivity index (χ4n) is 4.90. The Hall–Kier alpha value is -4.59. The summed E-state index contributed by atoms with van der Waals surface area (Å²) in [6.07, 6.45) is 2.47. The van der Waals surface area contributed by atoms with Gasteiger partial charge in [-0.1, -0.05) is 54.1 Å². The molecule has 0 saturated carbocycles. The maximum absolute atomic E-state index is 14.4. The van der Waals surface area contributed by atoms with Crippen LogP contribution in [0, 0.1) is 13.8 Å². The van der Waals surface area contributed by atoms with Crippen LogP contribution in [-0.2, 0) is 16.1 Å². The van der Waals surface area contributed by atoms with Gasteiger partial charge in [0.25, 0.3) is 0 Å². The van der Waals surface area contributed by atoms with Crippen LogP contribution in [-0.4, -0.2) is 37.3 Å². The number of carbonyl (C=O) groups excluding carboxylic acids is 2. The Labute approximate surface area is 234 Å². The summed E-state index contributed by atoms with van der Waals surface area (Å²) in [4.78, 5) is 34.6. The van der Waals surface area contributed by atoms with Crippen LogP contribution < -0.4 is 10.2 Å². The maximum atomic E-state index is 14.4. The third kappa shape index (κ3) is 5.43. The van der Waals surface area contributed by atoms with Crippen molar-refractivity contribution >= 4 is 39.4 Å². The largest absolute Gasteiger partial charge is 0.349 e. The van der Waals surface area contributed by atoms with E-state index < -0.39 is 11.6 Å². The van der Waals surface area contributed by atoms with Crippen molar-refractivity contribution in [3.8, 4) is 0 Å². The molecule has 2 aromatic heterocycles. The van der Waals surface area contributed by atoms with Gasteiger partial charge in [0.1, 0.15) is 18.1 Å². The molecule has 0 saturated heterocycles. The lowest BCUT2D eigenvalue weighted by Gasteiger charge is -2.35. The number of hydrogen-bond donors (Lipinski definition) is 1. The number of para-hydroxylation sites is 1. The van der Waals surface area contributed by atoms with Crippen LogP contribution in [0.1, 0.15) is 49.9 Å². The number of aryl methyl sites for hydroxylation is 2. The molecule has 5 aromatic rings. The lowest BCUT2D eigenvalue weighted by Crippen LogP contribution is -2.51. The number of amides is 2. The Morgan fingerprint density at radius 1 is 0.975 bits per heavy atom. The SMILES string of the molecule is CCC(C)(C)NC(=O)[C@@H](c1ccc2ncccc2c1)N(C(=O)Cn1nnc2ccccc21)c1ccc(C)cc1C. The highest BCUT2D eigenvalue weighted by molar-refractivity contribution is 6.02. The standard InChI is InChI=1S/C32H34N6O2/c1-6-32(4,5)34-31(40)30(24-14-15-25-23(19-24)10-9-17-33-25)38(27-16-13-21(2)18-22(27)3)29(39)20-37-28-12-8-7-11-26(28)35-36-37/h7-19,30H,6,20H2,1-5H3,(H,34,40)/t30-/m1/s1. The molecule has 1 N–H and O–H groups in total. The minimum atomic E-state index is -0.931. The lowest BCUT2D eigenvalue weighted by molar-refractivity contribution is -0.128. The first-order valence-electron chi connectivity index (χ1n) is 13.5. The first kappa shape index (κ1) is 27.0. The van der Waals surface area contributed by atoms with E-state index in [9.17, 15) is 9.59 Å². The lowest BCUT2D eigenvalue weighted by atomic mass is 9.96. The van der Waals surface area contributed by atoms with E-state index in [0.717, 1.165) is 34.0 Å². The summed E-state index contributed by atoms with van der Waals surface area (Å²) in [5, 5.41) is 12.6. The Morgan fingerprint density at radius 3 is 2.55 bits per heavy atom. The molecule has 0 unspecified atom stereocenters. The average Bonchev–Trinajstić information content (AvgIpc) is 3.34. The Kier molecular flexibility index (Phi) is 7.34. The van der Waals surface area contributed by atoms with E-state index in [1.54, 1.807) is 15.8 Å².